The Kier molecular flexibility index (Phi) is 5.20. The van der Waals surface area contributed by atoms with Gasteiger partial charge in [0.05, 0.1) is 17.7 Å². The fourth-order valence-electron chi connectivity index (χ4n) is 3.07. The molecule has 0 radical (unpaired) electrons. The minimum Gasteiger partial charge on any atom is -0.480 e. The highest BCUT2D eigenvalue weighted by Gasteiger charge is 2.37. The summed E-state index contributed by atoms with van der Waals surface area (Å²) in [5, 5.41) is 13.1. The summed E-state index contributed by atoms with van der Waals surface area (Å²) in [5.41, 5.74) is 0. The molecule has 0 aromatic carbocycles. The van der Waals surface area contributed by atoms with Crippen LogP contribution >= 0.6 is 11.3 Å². The maximum atomic E-state index is 12.3. The molecule has 0 bridgehead atoms. The van der Waals surface area contributed by atoms with Gasteiger partial charge in [0, 0.05) is 24.5 Å². The molecule has 2 saturated carbocycles. The van der Waals surface area contributed by atoms with Gasteiger partial charge in [-0.3, -0.25) is 14.5 Å². The number of nitrogens with zero attached hydrogens (tertiary/aromatic N) is 2. The van der Waals surface area contributed by atoms with Crippen LogP contribution in [0.3, 0.4) is 0 Å². The molecule has 7 heteroatoms. The zero-order valence-corrected chi connectivity index (χ0v) is 15.0. The molecule has 132 valence electrons. The van der Waals surface area contributed by atoms with Crippen LogP contribution in [-0.2, 0) is 4.79 Å². The van der Waals surface area contributed by atoms with E-state index in [4.69, 9.17) is 5.11 Å². The predicted molar refractivity (Wildman–Crippen MR) is 92.4 cm³/mol. The van der Waals surface area contributed by atoms with Gasteiger partial charge in [-0.15, -0.1) is 11.3 Å². The number of amides is 1. The molecule has 0 spiro atoms. The number of carboxylic acids is 1. The molecule has 0 atom stereocenters. The van der Waals surface area contributed by atoms with Crippen molar-refractivity contribution in [3.05, 3.63) is 16.1 Å². The zero-order valence-electron chi connectivity index (χ0n) is 14.2. The van der Waals surface area contributed by atoms with Crippen molar-refractivity contribution in [2.24, 2.45) is 5.92 Å². The lowest BCUT2D eigenvalue weighted by atomic mass is 9.85. The number of carboxylic acid groups (broad SMARTS) is 1. The van der Waals surface area contributed by atoms with Crippen LogP contribution in [-0.4, -0.2) is 52.0 Å². The summed E-state index contributed by atoms with van der Waals surface area (Å²) in [6.07, 6.45) is 5.75. The highest BCUT2D eigenvalue weighted by molar-refractivity contribution is 7.13. The quantitative estimate of drug-likeness (QED) is 0.751. The van der Waals surface area contributed by atoms with E-state index in [1.807, 2.05) is 0 Å². The van der Waals surface area contributed by atoms with Gasteiger partial charge in [0.25, 0.3) is 5.91 Å². The van der Waals surface area contributed by atoms with E-state index >= 15 is 0 Å². The number of carbonyl (C=O) groups excluding carboxylic acids is 1. The van der Waals surface area contributed by atoms with Crippen molar-refractivity contribution in [2.45, 2.75) is 57.5 Å². The third-order valence-electron chi connectivity index (χ3n) is 4.73. The van der Waals surface area contributed by atoms with Gasteiger partial charge >= 0.3 is 5.97 Å². The van der Waals surface area contributed by atoms with Crippen molar-refractivity contribution in [3.63, 3.8) is 0 Å². The van der Waals surface area contributed by atoms with E-state index in [1.165, 1.54) is 24.2 Å². The van der Waals surface area contributed by atoms with E-state index in [-0.39, 0.29) is 24.5 Å². The van der Waals surface area contributed by atoms with Crippen molar-refractivity contribution in [1.82, 2.24) is 15.2 Å². The second kappa shape index (κ2) is 7.19. The molecule has 1 amide bonds. The Morgan fingerprint density at radius 2 is 2.12 bits per heavy atom. The monoisotopic (exact) mass is 351 g/mol. The van der Waals surface area contributed by atoms with Gasteiger partial charge < -0.3 is 10.4 Å². The Morgan fingerprint density at radius 3 is 2.67 bits per heavy atom. The first kappa shape index (κ1) is 17.4. The number of carbonyl (C=O) groups is 2. The Hall–Kier alpha value is -1.47. The first-order valence-electron chi connectivity index (χ1n) is 8.64. The third-order valence-corrected chi connectivity index (χ3v) is 6.03. The van der Waals surface area contributed by atoms with Crippen LogP contribution in [0.1, 0.15) is 60.1 Å². The average Bonchev–Trinajstić information content (AvgIpc) is 3.13. The molecule has 6 nitrogen and oxygen atoms in total. The van der Waals surface area contributed by atoms with Crippen LogP contribution in [0.15, 0.2) is 6.20 Å². The minimum absolute atomic E-state index is 0.0603. The van der Waals surface area contributed by atoms with Gasteiger partial charge in [-0.05, 0) is 31.6 Å². The Morgan fingerprint density at radius 1 is 1.42 bits per heavy atom. The van der Waals surface area contributed by atoms with E-state index in [0.29, 0.717) is 16.7 Å². The van der Waals surface area contributed by atoms with Crippen LogP contribution in [0, 0.1) is 5.92 Å². The number of aliphatic carboxylic acids is 1. The fraction of sp³-hybridized carbons (Fsp3) is 0.706. The highest BCUT2D eigenvalue weighted by Crippen LogP contribution is 2.34. The predicted octanol–water partition coefficient (Wildman–Crippen LogP) is 2.32. The lowest BCUT2D eigenvalue weighted by Crippen LogP contribution is -2.55. The molecule has 24 heavy (non-hydrogen) atoms. The number of aromatic nitrogens is 1. The Bertz CT molecular complexity index is 606. The summed E-state index contributed by atoms with van der Waals surface area (Å²) in [4.78, 5) is 30.3. The van der Waals surface area contributed by atoms with Crippen LogP contribution in [0.5, 0.6) is 0 Å². The van der Waals surface area contributed by atoms with E-state index in [1.54, 1.807) is 6.20 Å². The molecule has 1 aromatic heterocycles. The summed E-state index contributed by atoms with van der Waals surface area (Å²) in [5.74, 6) is 0.171. The first-order valence-corrected chi connectivity index (χ1v) is 9.46. The van der Waals surface area contributed by atoms with Gasteiger partial charge in [0.1, 0.15) is 4.88 Å². The molecular weight excluding hydrogens is 326 g/mol. The standard InChI is InChI=1S/C17H25N3O3S/c1-10(2)17-18-7-14(24-17)16(23)19-12-5-13(6-12)20(9-15(21)22)8-11-3-4-11/h7,10-13H,3-6,8-9H2,1-2H3,(H,19,23)(H,21,22). The van der Waals surface area contributed by atoms with Gasteiger partial charge in [0.2, 0.25) is 0 Å². The molecule has 0 unspecified atom stereocenters. The van der Waals surface area contributed by atoms with E-state index in [9.17, 15) is 9.59 Å². The van der Waals surface area contributed by atoms with Gasteiger partial charge in [-0.2, -0.15) is 0 Å². The maximum absolute atomic E-state index is 12.3. The molecule has 3 rings (SSSR count). The van der Waals surface area contributed by atoms with Crippen molar-refractivity contribution in [3.8, 4) is 0 Å². The van der Waals surface area contributed by atoms with E-state index in [2.05, 4.69) is 29.0 Å². The van der Waals surface area contributed by atoms with Crippen LogP contribution in [0.4, 0.5) is 0 Å². The Balaban J connectivity index is 1.47. The van der Waals surface area contributed by atoms with Gasteiger partial charge in [-0.25, -0.2) is 4.98 Å². The van der Waals surface area contributed by atoms with Crippen molar-refractivity contribution >= 4 is 23.2 Å². The molecule has 2 aliphatic carbocycles. The lowest BCUT2D eigenvalue weighted by molar-refractivity contribution is -0.139. The number of hydrogen-bond donors (Lipinski definition) is 2. The van der Waals surface area contributed by atoms with Crippen molar-refractivity contribution in [1.29, 1.82) is 0 Å². The Labute approximate surface area is 146 Å². The van der Waals surface area contributed by atoms with Crippen LogP contribution in [0.25, 0.3) is 0 Å². The fourth-order valence-corrected chi connectivity index (χ4v) is 3.89. The SMILES string of the molecule is CC(C)c1ncc(C(=O)NC2CC(N(CC(=O)O)CC3CC3)C2)s1. The van der Waals surface area contributed by atoms with E-state index in [0.717, 1.165) is 24.4 Å². The molecule has 0 saturated heterocycles. The topological polar surface area (TPSA) is 82.5 Å². The number of nitrogens with one attached hydrogen (secondary N) is 1. The van der Waals surface area contributed by atoms with E-state index < -0.39 is 5.97 Å². The molecular formula is C17H25N3O3S. The van der Waals surface area contributed by atoms with Gasteiger partial charge in [-0.1, -0.05) is 13.8 Å². The molecule has 1 aromatic rings. The van der Waals surface area contributed by atoms with Crippen molar-refractivity contribution in [2.75, 3.05) is 13.1 Å². The maximum Gasteiger partial charge on any atom is 0.317 e. The lowest BCUT2D eigenvalue weighted by Gasteiger charge is -2.42. The first-order chi connectivity index (χ1) is 11.4. The summed E-state index contributed by atoms with van der Waals surface area (Å²) >= 11 is 1.45. The van der Waals surface area contributed by atoms with Crippen molar-refractivity contribution < 1.29 is 14.7 Å². The number of thiazole rings is 1. The molecule has 1 heterocycles. The summed E-state index contributed by atoms with van der Waals surface area (Å²) in [7, 11) is 0. The van der Waals surface area contributed by atoms with Crippen LogP contribution < -0.4 is 5.32 Å². The molecule has 0 aliphatic heterocycles. The minimum atomic E-state index is -0.769. The average molecular weight is 351 g/mol. The molecule has 2 fully saturated rings. The normalized spacial score (nSPS) is 23.3. The number of rotatable bonds is 8. The highest BCUT2D eigenvalue weighted by atomic mass is 32.1. The smallest absolute Gasteiger partial charge is 0.317 e. The van der Waals surface area contributed by atoms with Gasteiger partial charge in [0.15, 0.2) is 0 Å². The second-order valence-electron chi connectivity index (χ2n) is 7.28. The second-order valence-corrected chi connectivity index (χ2v) is 8.34. The number of hydrogen-bond acceptors (Lipinski definition) is 5. The summed E-state index contributed by atoms with van der Waals surface area (Å²) in [6.45, 7) is 5.11. The summed E-state index contributed by atoms with van der Waals surface area (Å²) in [6, 6.07) is 0.419. The van der Waals surface area contributed by atoms with Crippen LogP contribution in [0.2, 0.25) is 0 Å². The largest absolute Gasteiger partial charge is 0.480 e. The zero-order chi connectivity index (χ0) is 17.3. The molecule has 2 N–H and O–H groups in total. The molecule has 2 aliphatic rings. The third kappa shape index (κ3) is 4.33. The summed E-state index contributed by atoms with van der Waals surface area (Å²) < 4.78 is 0.